The third-order valence-corrected chi connectivity index (χ3v) is 6.55. The first-order chi connectivity index (χ1) is 11.5. The van der Waals surface area contributed by atoms with Crippen molar-refractivity contribution < 1.29 is 0 Å². The standard InChI is InChI=1S/C16H18N6OS/c1-7-10(6-18-22-7)12-5-11-13(24-12)14(23)20-15(19-11)16(17)8-2-3-9(4-8)21-16/h5-6,8-9,21H,2-4,17H2,1H3,(H,18,22)(H,19,20,23). The van der Waals surface area contributed by atoms with Crippen LogP contribution in [0.3, 0.4) is 0 Å². The fraction of sp³-hybridized carbons (Fsp3) is 0.438. The van der Waals surface area contributed by atoms with Crippen LogP contribution in [0.15, 0.2) is 17.1 Å². The van der Waals surface area contributed by atoms with E-state index >= 15 is 0 Å². The SMILES string of the molecule is Cc1[nH]ncc1-c1cc2nc(C3(N)NC4CCC3C4)[nH]c(=O)c2s1. The molecule has 1 saturated heterocycles. The molecule has 2 aliphatic rings. The third-order valence-electron chi connectivity index (χ3n) is 5.39. The quantitative estimate of drug-likeness (QED) is 0.565. The summed E-state index contributed by atoms with van der Waals surface area (Å²) in [6, 6.07) is 2.39. The Morgan fingerprint density at radius 1 is 1.42 bits per heavy atom. The van der Waals surface area contributed by atoms with Crippen LogP contribution >= 0.6 is 11.3 Å². The summed E-state index contributed by atoms with van der Waals surface area (Å²) in [6.45, 7) is 1.96. The summed E-state index contributed by atoms with van der Waals surface area (Å²) in [5.41, 5.74) is 8.43. The van der Waals surface area contributed by atoms with Gasteiger partial charge < -0.3 is 10.7 Å². The van der Waals surface area contributed by atoms with Gasteiger partial charge in [0.1, 0.15) is 16.2 Å². The Balaban J connectivity index is 1.65. The molecule has 1 aliphatic heterocycles. The molecule has 1 aliphatic carbocycles. The minimum atomic E-state index is -0.718. The van der Waals surface area contributed by atoms with Crippen LogP contribution in [-0.2, 0) is 5.66 Å². The summed E-state index contributed by atoms with van der Waals surface area (Å²) in [7, 11) is 0. The Labute approximate surface area is 141 Å². The van der Waals surface area contributed by atoms with Crippen molar-refractivity contribution in [3.05, 3.63) is 34.1 Å². The van der Waals surface area contributed by atoms with Crippen LogP contribution in [0.4, 0.5) is 0 Å². The summed E-state index contributed by atoms with van der Waals surface area (Å²) in [6.07, 6.45) is 5.07. The molecule has 4 heterocycles. The van der Waals surface area contributed by atoms with Gasteiger partial charge >= 0.3 is 0 Å². The van der Waals surface area contributed by atoms with E-state index in [9.17, 15) is 4.79 Å². The largest absolute Gasteiger partial charge is 0.307 e. The molecule has 0 radical (unpaired) electrons. The van der Waals surface area contributed by atoms with Gasteiger partial charge in [-0.2, -0.15) is 5.10 Å². The average Bonchev–Trinajstić information content (AvgIpc) is 3.28. The van der Waals surface area contributed by atoms with Crippen LogP contribution in [0.25, 0.3) is 20.7 Å². The second-order valence-corrected chi connectivity index (χ2v) is 7.92. The van der Waals surface area contributed by atoms with Gasteiger partial charge in [0.05, 0.1) is 11.7 Å². The number of piperidine rings is 1. The molecule has 2 bridgehead atoms. The third kappa shape index (κ3) is 1.87. The molecule has 5 N–H and O–H groups in total. The smallest absolute Gasteiger partial charge is 0.268 e. The lowest BCUT2D eigenvalue weighted by atomic mass is 9.92. The van der Waals surface area contributed by atoms with Crippen LogP contribution in [0, 0.1) is 12.8 Å². The van der Waals surface area contributed by atoms with Crippen molar-refractivity contribution in [3.8, 4) is 10.4 Å². The predicted octanol–water partition coefficient (Wildman–Crippen LogP) is 1.57. The van der Waals surface area contributed by atoms with E-state index in [1.807, 2.05) is 13.0 Å². The van der Waals surface area contributed by atoms with E-state index in [1.54, 1.807) is 6.20 Å². The van der Waals surface area contributed by atoms with Crippen molar-refractivity contribution in [2.24, 2.45) is 11.7 Å². The molecule has 124 valence electrons. The van der Waals surface area contributed by atoms with Gasteiger partial charge in [-0.25, -0.2) is 4.98 Å². The fourth-order valence-corrected chi connectivity index (χ4v) is 5.17. The summed E-state index contributed by atoms with van der Waals surface area (Å²) in [5.74, 6) is 0.887. The lowest BCUT2D eigenvalue weighted by Gasteiger charge is -2.33. The van der Waals surface area contributed by atoms with E-state index in [0.29, 0.717) is 28.0 Å². The van der Waals surface area contributed by atoms with E-state index in [2.05, 4.69) is 20.5 Å². The highest BCUT2D eigenvalue weighted by Crippen LogP contribution is 2.43. The Kier molecular flexibility index (Phi) is 2.83. The van der Waals surface area contributed by atoms with Gasteiger partial charge in [0.25, 0.3) is 5.56 Å². The lowest BCUT2D eigenvalue weighted by Crippen LogP contribution is -2.55. The number of nitrogens with zero attached hydrogens (tertiary/aromatic N) is 2. The van der Waals surface area contributed by atoms with Crippen LogP contribution in [-0.4, -0.2) is 26.2 Å². The zero-order valence-corrected chi connectivity index (χ0v) is 14.0. The molecule has 1 saturated carbocycles. The fourth-order valence-electron chi connectivity index (χ4n) is 4.11. The van der Waals surface area contributed by atoms with Crippen LogP contribution in [0.5, 0.6) is 0 Å². The summed E-state index contributed by atoms with van der Waals surface area (Å²) >= 11 is 1.43. The van der Waals surface area contributed by atoms with Gasteiger partial charge in [-0.05, 0) is 38.2 Å². The Morgan fingerprint density at radius 3 is 2.96 bits per heavy atom. The number of nitrogens with two attached hydrogens (primary N) is 1. The molecular formula is C16H18N6OS. The molecule has 0 amide bonds. The van der Waals surface area contributed by atoms with Gasteiger partial charge in [-0.15, -0.1) is 11.3 Å². The molecule has 3 unspecified atom stereocenters. The first kappa shape index (κ1) is 14.3. The van der Waals surface area contributed by atoms with E-state index in [4.69, 9.17) is 10.7 Å². The van der Waals surface area contributed by atoms with Crippen molar-refractivity contribution in [3.63, 3.8) is 0 Å². The second kappa shape index (κ2) is 4.75. The molecule has 3 aromatic rings. The molecule has 5 rings (SSSR count). The molecule has 24 heavy (non-hydrogen) atoms. The van der Waals surface area contributed by atoms with Crippen molar-refractivity contribution in [1.82, 2.24) is 25.5 Å². The molecule has 3 atom stereocenters. The van der Waals surface area contributed by atoms with Crippen molar-refractivity contribution in [2.45, 2.75) is 37.9 Å². The maximum atomic E-state index is 12.6. The maximum absolute atomic E-state index is 12.6. The number of thiophene rings is 1. The summed E-state index contributed by atoms with van der Waals surface area (Å²) in [4.78, 5) is 21.2. The molecule has 0 spiro atoms. The number of hydrogen-bond donors (Lipinski definition) is 4. The zero-order valence-electron chi connectivity index (χ0n) is 13.2. The Bertz CT molecular complexity index is 1000. The van der Waals surface area contributed by atoms with E-state index < -0.39 is 5.66 Å². The first-order valence-electron chi connectivity index (χ1n) is 8.16. The van der Waals surface area contributed by atoms with Crippen molar-refractivity contribution in [2.75, 3.05) is 0 Å². The number of aromatic amines is 2. The Morgan fingerprint density at radius 2 is 2.29 bits per heavy atom. The number of H-pyrrole nitrogens is 2. The Hall–Kier alpha value is -2.03. The minimum Gasteiger partial charge on any atom is -0.307 e. The van der Waals surface area contributed by atoms with Gasteiger partial charge in [-0.1, -0.05) is 0 Å². The summed E-state index contributed by atoms with van der Waals surface area (Å²) < 4.78 is 0.626. The topological polar surface area (TPSA) is 112 Å². The van der Waals surface area contributed by atoms with Crippen LogP contribution in [0.2, 0.25) is 0 Å². The first-order valence-corrected chi connectivity index (χ1v) is 8.97. The highest BCUT2D eigenvalue weighted by Gasteiger charge is 2.51. The van der Waals surface area contributed by atoms with Crippen LogP contribution in [0.1, 0.15) is 30.8 Å². The number of aromatic nitrogens is 4. The van der Waals surface area contributed by atoms with E-state index in [1.165, 1.54) is 11.3 Å². The second-order valence-electron chi connectivity index (χ2n) is 6.87. The lowest BCUT2D eigenvalue weighted by molar-refractivity contribution is 0.229. The maximum Gasteiger partial charge on any atom is 0.268 e. The molecule has 2 fully saturated rings. The molecule has 7 nitrogen and oxygen atoms in total. The van der Waals surface area contributed by atoms with Gasteiger partial charge in [0.2, 0.25) is 0 Å². The van der Waals surface area contributed by atoms with Crippen molar-refractivity contribution in [1.29, 1.82) is 0 Å². The minimum absolute atomic E-state index is 0.123. The van der Waals surface area contributed by atoms with Gasteiger partial charge in [0, 0.05) is 22.2 Å². The molecule has 3 aromatic heterocycles. The van der Waals surface area contributed by atoms with Gasteiger partial charge in [-0.3, -0.25) is 15.2 Å². The zero-order chi connectivity index (χ0) is 16.5. The van der Waals surface area contributed by atoms with Crippen molar-refractivity contribution >= 4 is 21.6 Å². The predicted molar refractivity (Wildman–Crippen MR) is 92.7 cm³/mol. The van der Waals surface area contributed by atoms with Gasteiger partial charge in [0.15, 0.2) is 0 Å². The van der Waals surface area contributed by atoms with Crippen LogP contribution < -0.4 is 16.6 Å². The number of nitrogens with one attached hydrogen (secondary N) is 3. The molecule has 0 aromatic carbocycles. The summed E-state index contributed by atoms with van der Waals surface area (Å²) in [5, 5.41) is 10.4. The highest BCUT2D eigenvalue weighted by molar-refractivity contribution is 7.22. The molecule has 8 heteroatoms. The normalized spacial score (nSPS) is 28.9. The molecular weight excluding hydrogens is 324 g/mol. The average molecular weight is 342 g/mol. The monoisotopic (exact) mass is 342 g/mol. The number of aryl methyl sites for hydroxylation is 1. The number of rotatable bonds is 2. The van der Waals surface area contributed by atoms with E-state index in [0.717, 1.165) is 35.4 Å². The highest BCUT2D eigenvalue weighted by atomic mass is 32.1. The van der Waals surface area contributed by atoms with E-state index in [-0.39, 0.29) is 5.56 Å². The number of fused-ring (bicyclic) bond motifs is 3. The number of hydrogen-bond acceptors (Lipinski definition) is 6.